The maximum Gasteiger partial charge on any atom is 0.282 e. The van der Waals surface area contributed by atoms with E-state index in [1.807, 2.05) is 35.2 Å². The fourth-order valence-electron chi connectivity index (χ4n) is 4.81. The van der Waals surface area contributed by atoms with Crippen molar-refractivity contribution in [2.24, 2.45) is 0 Å². The minimum Gasteiger partial charge on any atom is -0.383 e. The van der Waals surface area contributed by atoms with E-state index in [0.717, 1.165) is 51.1 Å². The Hall–Kier alpha value is -2.73. The van der Waals surface area contributed by atoms with E-state index >= 15 is 0 Å². The number of nitrogens with zero attached hydrogens (tertiary/aromatic N) is 6. The third-order valence-electron chi connectivity index (χ3n) is 6.90. The lowest BCUT2D eigenvalue weighted by Crippen LogP contribution is -2.47. The maximum atomic E-state index is 13.5. The Labute approximate surface area is 226 Å². The van der Waals surface area contributed by atoms with Crippen LogP contribution in [-0.4, -0.2) is 84.9 Å². The quantitative estimate of drug-likeness (QED) is 0.457. The molecule has 200 valence electrons. The first-order valence-corrected chi connectivity index (χ1v) is 13.3. The average Bonchev–Trinajstić information content (AvgIpc) is 3.55. The van der Waals surface area contributed by atoms with E-state index in [1.54, 1.807) is 11.7 Å². The van der Waals surface area contributed by atoms with Gasteiger partial charge in [0.1, 0.15) is 6.04 Å². The summed E-state index contributed by atoms with van der Waals surface area (Å²) in [5, 5.41) is 3.75. The van der Waals surface area contributed by atoms with Crippen LogP contribution in [0, 0.1) is 0 Å². The molecule has 3 aromatic rings. The van der Waals surface area contributed by atoms with Gasteiger partial charge in [-0.2, -0.15) is 0 Å². The van der Waals surface area contributed by atoms with E-state index in [2.05, 4.69) is 22.2 Å². The lowest BCUT2D eigenvalue weighted by molar-refractivity contribution is -0.122. The Morgan fingerprint density at radius 1 is 1.14 bits per heavy atom. The van der Waals surface area contributed by atoms with Crippen molar-refractivity contribution in [2.45, 2.75) is 32.0 Å². The minimum atomic E-state index is -0.304. The van der Waals surface area contributed by atoms with Gasteiger partial charge < -0.3 is 24.8 Å². The molecule has 1 amide bonds. The van der Waals surface area contributed by atoms with E-state index in [4.69, 9.17) is 14.7 Å². The molecular weight excluding hydrogens is 514 g/mol. The van der Waals surface area contributed by atoms with Crippen LogP contribution >= 0.6 is 23.7 Å². The average molecular weight is 548 g/mol. The molecule has 10 nitrogen and oxygen atoms in total. The van der Waals surface area contributed by atoms with Crippen molar-refractivity contribution in [3.8, 4) is 0 Å². The second kappa shape index (κ2) is 12.2. The van der Waals surface area contributed by atoms with Crippen molar-refractivity contribution in [2.75, 3.05) is 63.3 Å². The first-order chi connectivity index (χ1) is 17.5. The van der Waals surface area contributed by atoms with Crippen LogP contribution in [0.2, 0.25) is 0 Å². The van der Waals surface area contributed by atoms with Gasteiger partial charge >= 0.3 is 0 Å². The summed E-state index contributed by atoms with van der Waals surface area (Å²) >= 11 is 1.40. The monoisotopic (exact) mass is 547 g/mol. The predicted molar refractivity (Wildman–Crippen MR) is 149 cm³/mol. The van der Waals surface area contributed by atoms with Crippen molar-refractivity contribution >= 4 is 51.1 Å². The van der Waals surface area contributed by atoms with Gasteiger partial charge in [0.05, 0.1) is 13.2 Å². The third kappa shape index (κ3) is 5.90. The molecule has 1 aromatic carbocycles. The van der Waals surface area contributed by atoms with E-state index in [-0.39, 0.29) is 29.9 Å². The van der Waals surface area contributed by atoms with Crippen molar-refractivity contribution in [3.63, 3.8) is 0 Å². The number of amides is 1. The van der Waals surface area contributed by atoms with Gasteiger partial charge in [0.25, 0.3) is 5.56 Å². The van der Waals surface area contributed by atoms with Crippen LogP contribution in [-0.2, 0) is 22.6 Å². The molecular formula is C25H34ClN7O3S. The van der Waals surface area contributed by atoms with Gasteiger partial charge in [0, 0.05) is 46.4 Å². The van der Waals surface area contributed by atoms with Gasteiger partial charge in [-0.15, -0.1) is 12.4 Å². The Morgan fingerprint density at radius 3 is 2.62 bits per heavy atom. The van der Waals surface area contributed by atoms with Crippen LogP contribution in [0.5, 0.6) is 0 Å². The van der Waals surface area contributed by atoms with E-state index in [1.165, 1.54) is 11.3 Å². The van der Waals surface area contributed by atoms with Crippen LogP contribution in [0.1, 0.15) is 18.4 Å². The fourth-order valence-corrected chi connectivity index (χ4v) is 5.81. The molecule has 0 saturated carbocycles. The normalized spacial score (nSPS) is 18.3. The minimum absolute atomic E-state index is 0. The first kappa shape index (κ1) is 27.3. The summed E-state index contributed by atoms with van der Waals surface area (Å²) in [5.74, 6) is 0.658. The second-order valence-electron chi connectivity index (χ2n) is 9.36. The molecule has 2 aliphatic heterocycles. The van der Waals surface area contributed by atoms with Gasteiger partial charge in [-0.25, -0.2) is 9.97 Å². The van der Waals surface area contributed by atoms with Gasteiger partial charge in [0.2, 0.25) is 11.9 Å². The Balaban J connectivity index is 0.00000320. The Bertz CT molecular complexity index is 1260. The zero-order valence-electron chi connectivity index (χ0n) is 21.3. The smallest absolute Gasteiger partial charge is 0.282 e. The van der Waals surface area contributed by atoms with Crippen LogP contribution in [0.4, 0.5) is 11.1 Å². The number of piperazine rings is 1. The molecule has 2 aromatic heterocycles. The molecule has 1 N–H and O–H groups in total. The number of carbonyl (C=O) groups is 1. The molecule has 0 bridgehead atoms. The number of rotatable bonds is 8. The van der Waals surface area contributed by atoms with Crippen LogP contribution in [0.3, 0.4) is 0 Å². The number of methoxy groups -OCH3 is 1. The maximum absolute atomic E-state index is 13.5. The second-order valence-corrected chi connectivity index (χ2v) is 10.3. The van der Waals surface area contributed by atoms with Crippen molar-refractivity contribution in [1.82, 2.24) is 24.8 Å². The Morgan fingerprint density at radius 2 is 1.89 bits per heavy atom. The number of carbonyl (C=O) groups excluding carboxylic acids is 1. The number of halogens is 1. The lowest BCUT2D eigenvalue weighted by Gasteiger charge is -2.34. The third-order valence-corrected chi connectivity index (χ3v) is 7.89. The van der Waals surface area contributed by atoms with Gasteiger partial charge in [-0.1, -0.05) is 41.7 Å². The molecule has 2 saturated heterocycles. The predicted octanol–water partition coefficient (Wildman–Crippen LogP) is 1.96. The highest BCUT2D eigenvalue weighted by Gasteiger charge is 2.33. The molecule has 12 heteroatoms. The number of ether oxygens (including phenoxy) is 1. The largest absolute Gasteiger partial charge is 0.383 e. The van der Waals surface area contributed by atoms with Crippen LogP contribution < -0.4 is 20.7 Å². The van der Waals surface area contributed by atoms with Gasteiger partial charge in [0.15, 0.2) is 15.5 Å². The molecule has 5 rings (SSSR count). The van der Waals surface area contributed by atoms with E-state index in [0.29, 0.717) is 41.1 Å². The molecule has 2 fully saturated rings. The molecule has 1 unspecified atom stereocenters. The van der Waals surface area contributed by atoms with Gasteiger partial charge in [-0.05, 0) is 25.5 Å². The summed E-state index contributed by atoms with van der Waals surface area (Å²) < 4.78 is 6.96. The number of fused-ring (bicyclic) bond motifs is 1. The molecule has 0 radical (unpaired) electrons. The summed E-state index contributed by atoms with van der Waals surface area (Å²) in [7, 11) is 3.73. The zero-order valence-corrected chi connectivity index (χ0v) is 22.9. The van der Waals surface area contributed by atoms with Gasteiger partial charge in [-0.3, -0.25) is 14.2 Å². The van der Waals surface area contributed by atoms with Crippen molar-refractivity contribution in [1.29, 1.82) is 0 Å². The number of aromatic nitrogens is 3. The zero-order chi connectivity index (χ0) is 25.1. The highest BCUT2D eigenvalue weighted by atomic mass is 35.5. The highest BCUT2D eigenvalue weighted by molar-refractivity contribution is 7.21. The Kier molecular flexibility index (Phi) is 9.01. The molecule has 1 atom stereocenters. The SMILES string of the molecule is COCCn1c(N2CCN(C)CC2)nc2sc(N3CCCC3C(=O)NCc3ccccc3)nc2c1=O.Cl. The molecule has 2 aliphatic rings. The van der Waals surface area contributed by atoms with Crippen molar-refractivity contribution in [3.05, 3.63) is 46.2 Å². The number of hydrogen-bond acceptors (Lipinski definition) is 9. The molecule has 0 spiro atoms. The number of likely N-dealkylation sites (N-methyl/N-ethyl adjacent to an activating group) is 1. The molecule has 37 heavy (non-hydrogen) atoms. The fraction of sp³-hybridized carbons (Fsp3) is 0.520. The summed E-state index contributed by atoms with van der Waals surface area (Å²) in [6.07, 6.45) is 1.66. The summed E-state index contributed by atoms with van der Waals surface area (Å²) in [5.41, 5.74) is 1.27. The standard InChI is InChI=1S/C25H33N7O3S.ClH/c1-29-11-13-30(14-12-29)24-28-22-20(23(34)32(24)15-16-35-2)27-25(36-22)31-10-6-9-19(31)21(33)26-17-18-7-4-3-5-8-18;/h3-5,7-8,19H,6,9-17H2,1-2H3,(H,26,33);1H. The highest BCUT2D eigenvalue weighted by Crippen LogP contribution is 2.32. The van der Waals surface area contributed by atoms with Crippen LogP contribution in [0.15, 0.2) is 35.1 Å². The summed E-state index contributed by atoms with van der Waals surface area (Å²) in [6, 6.07) is 9.59. The van der Waals surface area contributed by atoms with E-state index < -0.39 is 0 Å². The number of anilines is 2. The molecule has 4 heterocycles. The number of nitrogens with one attached hydrogen (secondary N) is 1. The topological polar surface area (TPSA) is 95.8 Å². The lowest BCUT2D eigenvalue weighted by atomic mass is 10.2. The number of hydrogen-bond donors (Lipinski definition) is 1. The summed E-state index contributed by atoms with van der Waals surface area (Å²) in [6.45, 7) is 5.50. The summed E-state index contributed by atoms with van der Waals surface area (Å²) in [4.78, 5) is 43.3. The first-order valence-electron chi connectivity index (χ1n) is 12.5. The number of benzene rings is 1. The van der Waals surface area contributed by atoms with E-state index in [9.17, 15) is 9.59 Å². The number of thiazole rings is 1. The van der Waals surface area contributed by atoms with Crippen LogP contribution in [0.25, 0.3) is 10.3 Å². The molecule has 0 aliphatic carbocycles. The van der Waals surface area contributed by atoms with Crippen molar-refractivity contribution < 1.29 is 9.53 Å².